The van der Waals surface area contributed by atoms with Gasteiger partial charge in [-0.15, -0.1) is 0 Å². The molecular weight excluding hydrogens is 542 g/mol. The number of rotatable bonds is 11. The third-order valence-electron chi connectivity index (χ3n) is 6.32. The van der Waals surface area contributed by atoms with Crippen LogP contribution in [0.4, 0.5) is 0 Å². The molecule has 0 bridgehead atoms. The first-order valence-electron chi connectivity index (χ1n) is 12.8. The van der Waals surface area contributed by atoms with Gasteiger partial charge in [-0.1, -0.05) is 72.3 Å². The molecule has 0 radical (unpaired) electrons. The van der Waals surface area contributed by atoms with Crippen LogP contribution in [0.1, 0.15) is 33.5 Å². The van der Waals surface area contributed by atoms with Gasteiger partial charge in [0.1, 0.15) is 17.5 Å². The summed E-state index contributed by atoms with van der Waals surface area (Å²) < 4.78 is 5.87. The number of hydrogen-bond acceptors (Lipinski definition) is 4. The molecule has 0 aliphatic carbocycles. The molecule has 0 aromatic heterocycles. The number of aliphatic carboxylic acids is 1. The van der Waals surface area contributed by atoms with E-state index in [2.05, 4.69) is 5.32 Å². The van der Waals surface area contributed by atoms with Gasteiger partial charge in [0, 0.05) is 10.6 Å². The molecule has 0 saturated heterocycles. The molecule has 5 nitrogen and oxygen atoms in total. The van der Waals surface area contributed by atoms with Crippen molar-refractivity contribution in [2.75, 3.05) is 12.0 Å². The topological polar surface area (TPSA) is 75.6 Å². The molecule has 0 fully saturated rings. The number of carbonyl (C=O) groups excluding carboxylic acids is 1. The number of carboxylic acids is 1. The Morgan fingerprint density at radius 3 is 2.33 bits per heavy atom. The van der Waals surface area contributed by atoms with Crippen molar-refractivity contribution in [2.45, 2.75) is 19.4 Å². The van der Waals surface area contributed by atoms with Gasteiger partial charge in [-0.2, -0.15) is 11.8 Å². The van der Waals surface area contributed by atoms with Crippen molar-refractivity contribution in [1.29, 1.82) is 0 Å². The first kappa shape index (κ1) is 29.0. The Morgan fingerprint density at radius 2 is 1.62 bits per heavy atom. The predicted octanol–water partition coefficient (Wildman–Crippen LogP) is 8.21. The Bertz CT molecular complexity index is 1520. The van der Waals surface area contributed by atoms with Gasteiger partial charge in [-0.25, -0.2) is 4.79 Å². The Balaban J connectivity index is 1.58. The Kier molecular flexibility index (Phi) is 10.1. The number of carbonyl (C=O) groups is 2. The summed E-state index contributed by atoms with van der Waals surface area (Å²) in [5.74, 6) is 0.566. The summed E-state index contributed by atoms with van der Waals surface area (Å²) in [5, 5.41) is 12.9. The number of nitrogens with one attached hydrogen (secondary N) is 1. The van der Waals surface area contributed by atoms with Crippen LogP contribution in [0.2, 0.25) is 5.02 Å². The lowest BCUT2D eigenvalue weighted by molar-refractivity contribution is -0.139. The first-order chi connectivity index (χ1) is 19.3. The summed E-state index contributed by atoms with van der Waals surface area (Å²) >= 11 is 7.58. The molecular formula is C33H30ClNO4S. The maximum absolute atomic E-state index is 13.3. The minimum absolute atomic E-state index is 0.353. The number of thioether (sulfide) groups is 1. The van der Waals surface area contributed by atoms with Crippen molar-refractivity contribution in [3.05, 3.63) is 118 Å². The highest BCUT2D eigenvalue weighted by atomic mass is 35.5. The van der Waals surface area contributed by atoms with Crippen molar-refractivity contribution >= 4 is 47.4 Å². The van der Waals surface area contributed by atoms with E-state index in [1.807, 2.05) is 98.1 Å². The fourth-order valence-electron chi connectivity index (χ4n) is 4.20. The molecule has 0 unspecified atom stereocenters. The van der Waals surface area contributed by atoms with E-state index in [1.165, 1.54) is 0 Å². The highest BCUT2D eigenvalue weighted by Crippen LogP contribution is 2.29. The summed E-state index contributed by atoms with van der Waals surface area (Å²) in [6.45, 7) is 1.99. The average molecular weight is 572 g/mol. The number of ether oxygens (including phenoxy) is 1. The monoisotopic (exact) mass is 571 g/mol. The summed E-state index contributed by atoms with van der Waals surface area (Å²) in [4.78, 5) is 25.0. The third-order valence-corrected chi connectivity index (χ3v) is 7.20. The Hall–Kier alpha value is -4.00. The van der Waals surface area contributed by atoms with E-state index in [0.717, 1.165) is 27.8 Å². The lowest BCUT2D eigenvalue weighted by Gasteiger charge is -2.17. The van der Waals surface area contributed by atoms with E-state index in [9.17, 15) is 14.7 Å². The predicted molar refractivity (Wildman–Crippen MR) is 165 cm³/mol. The highest BCUT2D eigenvalue weighted by Gasteiger charge is 2.22. The van der Waals surface area contributed by atoms with E-state index < -0.39 is 17.9 Å². The highest BCUT2D eigenvalue weighted by molar-refractivity contribution is 7.98. The maximum atomic E-state index is 13.3. The van der Waals surface area contributed by atoms with Crippen LogP contribution in [-0.2, 0) is 4.79 Å². The molecule has 0 heterocycles. The second-order valence-electron chi connectivity index (χ2n) is 9.23. The second kappa shape index (κ2) is 13.9. The molecule has 4 aromatic carbocycles. The van der Waals surface area contributed by atoms with Gasteiger partial charge in [0.15, 0.2) is 0 Å². The smallest absolute Gasteiger partial charge is 0.326 e. The van der Waals surface area contributed by atoms with Gasteiger partial charge in [0.05, 0.1) is 0 Å². The normalized spacial score (nSPS) is 11.8. The van der Waals surface area contributed by atoms with Crippen LogP contribution in [0.25, 0.3) is 23.3 Å². The molecule has 4 aromatic rings. The van der Waals surface area contributed by atoms with Crippen LogP contribution < -0.4 is 10.1 Å². The lowest BCUT2D eigenvalue weighted by Crippen LogP contribution is -2.41. The van der Waals surface area contributed by atoms with Crippen LogP contribution in [0.3, 0.4) is 0 Å². The minimum Gasteiger partial charge on any atom is -0.480 e. The molecule has 40 heavy (non-hydrogen) atoms. The van der Waals surface area contributed by atoms with E-state index in [-0.39, 0.29) is 0 Å². The third kappa shape index (κ3) is 7.78. The van der Waals surface area contributed by atoms with Crippen molar-refractivity contribution in [3.63, 3.8) is 0 Å². The van der Waals surface area contributed by atoms with E-state index in [4.69, 9.17) is 16.3 Å². The summed E-state index contributed by atoms with van der Waals surface area (Å²) in [6, 6.07) is 27.4. The zero-order chi connectivity index (χ0) is 28.5. The zero-order valence-electron chi connectivity index (χ0n) is 22.3. The van der Waals surface area contributed by atoms with Gasteiger partial charge in [-0.3, -0.25) is 4.79 Å². The standard InChI is InChI=1S/C33H30ClNO4S/c1-22-6-3-4-9-28(22)30-20-24(14-17-29(30)32(36)35-31(33(37)38)18-19-40-2)11-10-23-12-15-26(16-13-23)39-27-8-5-7-25(34)21-27/h3-17,20-21,31H,18-19H2,1-2H3,(H,35,36)(H,37,38)/t31-/m0/s1. The van der Waals surface area contributed by atoms with Gasteiger partial charge in [0.2, 0.25) is 0 Å². The van der Waals surface area contributed by atoms with Gasteiger partial charge < -0.3 is 15.2 Å². The number of halogens is 1. The molecule has 204 valence electrons. The molecule has 1 amide bonds. The van der Waals surface area contributed by atoms with Crippen LogP contribution >= 0.6 is 23.4 Å². The molecule has 0 spiro atoms. The van der Waals surface area contributed by atoms with Crippen molar-refractivity contribution in [3.8, 4) is 22.6 Å². The van der Waals surface area contributed by atoms with E-state index in [0.29, 0.717) is 34.3 Å². The van der Waals surface area contributed by atoms with E-state index in [1.54, 1.807) is 30.0 Å². The number of benzene rings is 4. The average Bonchev–Trinajstić information content (AvgIpc) is 2.95. The quantitative estimate of drug-likeness (QED) is 0.177. The molecule has 7 heteroatoms. The summed E-state index contributed by atoms with van der Waals surface area (Å²) in [5.41, 5.74) is 5.01. The Morgan fingerprint density at radius 1 is 0.900 bits per heavy atom. The molecule has 4 rings (SSSR count). The second-order valence-corrected chi connectivity index (χ2v) is 10.6. The minimum atomic E-state index is -1.04. The van der Waals surface area contributed by atoms with Crippen molar-refractivity contribution < 1.29 is 19.4 Å². The fourth-order valence-corrected chi connectivity index (χ4v) is 4.85. The largest absolute Gasteiger partial charge is 0.480 e. The number of carboxylic acid groups (broad SMARTS) is 1. The SMILES string of the molecule is CSCC[C@H](NC(=O)c1ccc(C=Cc2ccc(Oc3cccc(Cl)c3)cc2)cc1-c1ccccc1C)C(=O)O. The Labute approximate surface area is 243 Å². The lowest BCUT2D eigenvalue weighted by atomic mass is 9.93. The van der Waals surface area contributed by atoms with Crippen LogP contribution in [-0.4, -0.2) is 35.0 Å². The van der Waals surface area contributed by atoms with Gasteiger partial charge in [0.25, 0.3) is 5.91 Å². The van der Waals surface area contributed by atoms with Crippen LogP contribution in [0, 0.1) is 6.92 Å². The van der Waals surface area contributed by atoms with E-state index >= 15 is 0 Å². The van der Waals surface area contributed by atoms with Crippen LogP contribution in [0.5, 0.6) is 11.5 Å². The fraction of sp³-hybridized carbons (Fsp3) is 0.152. The molecule has 0 aliphatic rings. The molecule has 0 aliphatic heterocycles. The van der Waals surface area contributed by atoms with Crippen molar-refractivity contribution in [2.24, 2.45) is 0 Å². The van der Waals surface area contributed by atoms with Crippen molar-refractivity contribution in [1.82, 2.24) is 5.32 Å². The van der Waals surface area contributed by atoms with Gasteiger partial charge >= 0.3 is 5.97 Å². The number of hydrogen-bond donors (Lipinski definition) is 2. The molecule has 0 saturated carbocycles. The molecule has 2 N–H and O–H groups in total. The van der Waals surface area contributed by atoms with Gasteiger partial charge in [-0.05, 0) is 95.6 Å². The zero-order valence-corrected chi connectivity index (χ0v) is 23.8. The maximum Gasteiger partial charge on any atom is 0.326 e. The van der Waals surface area contributed by atoms with Crippen LogP contribution in [0.15, 0.2) is 91.0 Å². The summed E-state index contributed by atoms with van der Waals surface area (Å²) in [7, 11) is 0. The number of aryl methyl sites for hydroxylation is 1. The summed E-state index contributed by atoms with van der Waals surface area (Å²) in [6.07, 6.45) is 6.23. The number of amides is 1. The first-order valence-corrected chi connectivity index (χ1v) is 14.6. The molecule has 1 atom stereocenters.